The van der Waals surface area contributed by atoms with Gasteiger partial charge in [0.15, 0.2) is 0 Å². The lowest BCUT2D eigenvalue weighted by atomic mass is 10.0. The van der Waals surface area contributed by atoms with Gasteiger partial charge in [-0.15, -0.1) is 0 Å². The molecule has 2 aromatic carbocycles. The molecule has 0 aromatic heterocycles. The van der Waals surface area contributed by atoms with E-state index in [-0.39, 0.29) is 12.2 Å². The fourth-order valence-corrected chi connectivity index (χ4v) is 2.12. The summed E-state index contributed by atoms with van der Waals surface area (Å²) in [7, 11) is 1.55. The molecule has 0 aliphatic heterocycles. The summed E-state index contributed by atoms with van der Waals surface area (Å²) in [5.41, 5.74) is 2.24. The Labute approximate surface area is 116 Å². The first-order valence-corrected chi connectivity index (χ1v) is 6.02. The van der Waals surface area contributed by atoms with Crippen LogP contribution < -0.4 is 4.74 Å². The number of methoxy groups -OCH3 is 1. The van der Waals surface area contributed by atoms with E-state index in [1.54, 1.807) is 19.2 Å². The Hall–Kier alpha value is -2.05. The molecule has 0 saturated heterocycles. The van der Waals surface area contributed by atoms with Crippen LogP contribution in [0.3, 0.4) is 0 Å². The zero-order chi connectivity index (χ0) is 13.8. The van der Waals surface area contributed by atoms with Crippen molar-refractivity contribution in [2.45, 2.75) is 6.42 Å². The summed E-state index contributed by atoms with van der Waals surface area (Å²) in [5, 5.41) is 9.14. The zero-order valence-electron chi connectivity index (χ0n) is 10.3. The number of nitriles is 1. The van der Waals surface area contributed by atoms with Crippen molar-refractivity contribution in [1.29, 1.82) is 5.26 Å². The second kappa shape index (κ2) is 5.73. The van der Waals surface area contributed by atoms with Crippen LogP contribution in [0.25, 0.3) is 11.1 Å². The maximum Gasteiger partial charge on any atom is 0.125 e. The normalized spacial score (nSPS) is 10.0. The Balaban J connectivity index is 2.51. The maximum atomic E-state index is 13.3. The van der Waals surface area contributed by atoms with E-state index in [2.05, 4.69) is 6.07 Å². The summed E-state index contributed by atoms with van der Waals surface area (Å²) in [6.07, 6.45) is 0.236. The van der Waals surface area contributed by atoms with Crippen molar-refractivity contribution >= 4 is 11.6 Å². The molecule has 2 aromatic rings. The van der Waals surface area contributed by atoms with Crippen LogP contribution in [0.4, 0.5) is 4.39 Å². The summed E-state index contributed by atoms with van der Waals surface area (Å²) in [5.74, 6) is 0.257. The van der Waals surface area contributed by atoms with Gasteiger partial charge in [0.2, 0.25) is 0 Å². The highest BCUT2D eigenvalue weighted by Crippen LogP contribution is 2.29. The second-order valence-electron chi connectivity index (χ2n) is 4.02. The predicted octanol–water partition coefficient (Wildman–Crippen LogP) is 4.22. The van der Waals surface area contributed by atoms with Crippen LogP contribution in [0.5, 0.6) is 5.75 Å². The van der Waals surface area contributed by atoms with Crippen LogP contribution in [0.2, 0.25) is 5.02 Å². The van der Waals surface area contributed by atoms with Crippen molar-refractivity contribution in [1.82, 2.24) is 0 Å². The highest BCUT2D eigenvalue weighted by atomic mass is 35.5. The van der Waals surface area contributed by atoms with Gasteiger partial charge >= 0.3 is 0 Å². The van der Waals surface area contributed by atoms with Gasteiger partial charge in [-0.05, 0) is 41.5 Å². The van der Waals surface area contributed by atoms with Gasteiger partial charge in [-0.2, -0.15) is 5.26 Å². The van der Waals surface area contributed by atoms with Gasteiger partial charge in [-0.3, -0.25) is 0 Å². The van der Waals surface area contributed by atoms with Crippen LogP contribution in [-0.4, -0.2) is 7.11 Å². The van der Waals surface area contributed by atoms with Crippen LogP contribution >= 0.6 is 11.6 Å². The van der Waals surface area contributed by atoms with Gasteiger partial charge in [-0.25, -0.2) is 4.39 Å². The van der Waals surface area contributed by atoms with Gasteiger partial charge < -0.3 is 4.74 Å². The highest BCUT2D eigenvalue weighted by molar-refractivity contribution is 6.30. The summed E-state index contributed by atoms with van der Waals surface area (Å²) in [4.78, 5) is 0. The predicted molar refractivity (Wildman–Crippen MR) is 72.7 cm³/mol. The smallest absolute Gasteiger partial charge is 0.125 e. The molecule has 4 heteroatoms. The standard InChI is InChI=1S/C15H11ClFNO/c1-19-15-3-2-10(6-11(15)4-5-18)12-7-13(16)9-14(17)8-12/h2-3,6-9H,4H2,1H3. The molecule has 0 radical (unpaired) electrons. The molecule has 0 fully saturated rings. The van der Waals surface area contributed by atoms with Gasteiger partial charge in [0.05, 0.1) is 19.6 Å². The van der Waals surface area contributed by atoms with Crippen molar-refractivity contribution in [2.75, 3.05) is 7.11 Å². The Kier molecular flexibility index (Phi) is 4.03. The van der Waals surface area contributed by atoms with Crippen LogP contribution in [0, 0.1) is 17.1 Å². The molecule has 0 spiro atoms. The van der Waals surface area contributed by atoms with E-state index in [9.17, 15) is 4.39 Å². The summed E-state index contributed by atoms with van der Waals surface area (Å²) < 4.78 is 18.5. The van der Waals surface area contributed by atoms with E-state index in [4.69, 9.17) is 21.6 Å². The molecule has 0 aliphatic rings. The van der Waals surface area contributed by atoms with Crippen LogP contribution in [0.1, 0.15) is 5.56 Å². The molecule has 0 aliphatic carbocycles. The van der Waals surface area contributed by atoms with Crippen molar-refractivity contribution < 1.29 is 9.13 Å². The molecule has 0 saturated carbocycles. The molecular weight excluding hydrogens is 265 g/mol. The Morgan fingerprint density at radius 2 is 2.00 bits per heavy atom. The number of halogens is 2. The first kappa shape index (κ1) is 13.4. The molecular formula is C15H11ClFNO. The van der Waals surface area contributed by atoms with E-state index >= 15 is 0 Å². The molecule has 0 heterocycles. The first-order valence-electron chi connectivity index (χ1n) is 5.64. The monoisotopic (exact) mass is 275 g/mol. The lowest BCUT2D eigenvalue weighted by Crippen LogP contribution is -1.92. The fraction of sp³-hybridized carbons (Fsp3) is 0.133. The molecule has 0 bridgehead atoms. The average Bonchev–Trinajstić information content (AvgIpc) is 2.38. The summed E-state index contributed by atoms with van der Waals surface area (Å²) in [6.45, 7) is 0. The summed E-state index contributed by atoms with van der Waals surface area (Å²) >= 11 is 5.84. The quantitative estimate of drug-likeness (QED) is 0.840. The number of rotatable bonds is 3. The minimum atomic E-state index is -0.389. The first-order chi connectivity index (χ1) is 9.13. The lowest BCUT2D eigenvalue weighted by Gasteiger charge is -2.09. The highest BCUT2D eigenvalue weighted by Gasteiger charge is 2.07. The molecule has 19 heavy (non-hydrogen) atoms. The zero-order valence-corrected chi connectivity index (χ0v) is 11.0. The SMILES string of the molecule is COc1ccc(-c2cc(F)cc(Cl)c2)cc1CC#N. The Morgan fingerprint density at radius 3 is 2.63 bits per heavy atom. The van der Waals surface area contributed by atoms with E-state index in [1.807, 2.05) is 12.1 Å². The fourth-order valence-electron chi connectivity index (χ4n) is 1.90. The molecule has 2 nitrogen and oxygen atoms in total. The topological polar surface area (TPSA) is 33.0 Å². The summed E-state index contributed by atoms with van der Waals surface area (Å²) in [6, 6.07) is 11.8. The molecule has 0 N–H and O–H groups in total. The van der Waals surface area contributed by atoms with Crippen molar-refractivity contribution in [2.24, 2.45) is 0 Å². The second-order valence-corrected chi connectivity index (χ2v) is 4.46. The number of ether oxygens (including phenoxy) is 1. The van der Waals surface area contributed by atoms with E-state index in [0.29, 0.717) is 16.3 Å². The maximum absolute atomic E-state index is 13.3. The molecule has 0 atom stereocenters. The Bertz CT molecular complexity index is 629. The van der Waals surface area contributed by atoms with Gasteiger partial charge in [0.25, 0.3) is 0 Å². The van der Waals surface area contributed by atoms with Gasteiger partial charge in [0, 0.05) is 10.6 Å². The minimum absolute atomic E-state index is 0.236. The molecule has 0 amide bonds. The third-order valence-electron chi connectivity index (χ3n) is 2.75. The minimum Gasteiger partial charge on any atom is -0.496 e. The number of benzene rings is 2. The number of nitrogens with zero attached hydrogens (tertiary/aromatic N) is 1. The van der Waals surface area contributed by atoms with Crippen LogP contribution in [-0.2, 0) is 6.42 Å². The van der Waals surface area contributed by atoms with E-state index in [0.717, 1.165) is 11.1 Å². The van der Waals surface area contributed by atoms with Crippen molar-refractivity contribution in [3.63, 3.8) is 0 Å². The average molecular weight is 276 g/mol. The molecule has 96 valence electrons. The third kappa shape index (κ3) is 3.04. The number of hydrogen-bond acceptors (Lipinski definition) is 2. The van der Waals surface area contributed by atoms with E-state index < -0.39 is 0 Å². The van der Waals surface area contributed by atoms with E-state index in [1.165, 1.54) is 12.1 Å². The molecule has 0 unspecified atom stereocenters. The van der Waals surface area contributed by atoms with Gasteiger partial charge in [-0.1, -0.05) is 17.7 Å². The number of hydrogen-bond donors (Lipinski definition) is 0. The van der Waals surface area contributed by atoms with Crippen LogP contribution in [0.15, 0.2) is 36.4 Å². The van der Waals surface area contributed by atoms with Gasteiger partial charge in [0.1, 0.15) is 11.6 Å². The largest absolute Gasteiger partial charge is 0.496 e. The molecule has 2 rings (SSSR count). The van der Waals surface area contributed by atoms with Crippen molar-refractivity contribution in [3.8, 4) is 22.9 Å². The van der Waals surface area contributed by atoms with Crippen molar-refractivity contribution in [3.05, 3.63) is 52.8 Å². The third-order valence-corrected chi connectivity index (χ3v) is 2.96. The lowest BCUT2D eigenvalue weighted by molar-refractivity contribution is 0.411. The Morgan fingerprint density at radius 1 is 1.21 bits per heavy atom.